The molecule has 2 heterocycles. The van der Waals surface area contributed by atoms with Gasteiger partial charge in [-0.3, -0.25) is 9.98 Å². The van der Waals surface area contributed by atoms with Crippen LogP contribution in [0.3, 0.4) is 0 Å². The molecule has 0 saturated carbocycles. The first kappa shape index (κ1) is 10.1. The number of allylic oxidation sites excluding steroid dienone is 2. The van der Waals surface area contributed by atoms with E-state index in [1.54, 1.807) is 12.4 Å². The molecule has 3 nitrogen and oxygen atoms in total. The summed E-state index contributed by atoms with van der Waals surface area (Å²) >= 11 is 0. The first-order chi connectivity index (χ1) is 7.33. The van der Waals surface area contributed by atoms with Gasteiger partial charge in [-0.2, -0.15) is 0 Å². The minimum atomic E-state index is 0.0322. The Balaban J connectivity index is 2.32. The van der Waals surface area contributed by atoms with E-state index in [1.807, 2.05) is 12.3 Å². The van der Waals surface area contributed by atoms with Crippen molar-refractivity contribution in [2.45, 2.75) is 25.9 Å². The molecule has 0 spiro atoms. The van der Waals surface area contributed by atoms with Crippen molar-refractivity contribution in [3.63, 3.8) is 0 Å². The molecule has 1 aromatic heterocycles. The zero-order valence-electron chi connectivity index (χ0n) is 8.72. The van der Waals surface area contributed by atoms with Gasteiger partial charge in [0, 0.05) is 36.6 Å². The van der Waals surface area contributed by atoms with Crippen LogP contribution in [0.15, 0.2) is 35.2 Å². The van der Waals surface area contributed by atoms with Gasteiger partial charge in [-0.25, -0.2) is 0 Å². The van der Waals surface area contributed by atoms with E-state index in [0.717, 1.165) is 23.2 Å². The van der Waals surface area contributed by atoms with Crippen molar-refractivity contribution in [1.82, 2.24) is 4.98 Å². The van der Waals surface area contributed by atoms with Crippen molar-refractivity contribution in [3.05, 3.63) is 41.4 Å². The summed E-state index contributed by atoms with van der Waals surface area (Å²) in [6.45, 7) is 2.13. The standard InChI is InChI=1S/C12H14N2O/c1-9(12-3-2-5-14-12)11-4-6-13-7-10(11)8-15/h3-7,9,15H,2,8H2,1H3. The monoisotopic (exact) mass is 202 g/mol. The van der Waals surface area contributed by atoms with Gasteiger partial charge in [-0.15, -0.1) is 0 Å². The lowest BCUT2D eigenvalue weighted by atomic mass is 9.95. The molecule has 0 fully saturated rings. The van der Waals surface area contributed by atoms with Gasteiger partial charge in [0.05, 0.1) is 6.61 Å². The average molecular weight is 202 g/mol. The number of pyridine rings is 1. The quantitative estimate of drug-likeness (QED) is 0.815. The van der Waals surface area contributed by atoms with Crippen LogP contribution in [0.25, 0.3) is 0 Å². The molecule has 0 radical (unpaired) electrons. The van der Waals surface area contributed by atoms with Crippen LogP contribution in [0.2, 0.25) is 0 Å². The van der Waals surface area contributed by atoms with Crippen molar-refractivity contribution in [1.29, 1.82) is 0 Å². The first-order valence-electron chi connectivity index (χ1n) is 5.09. The van der Waals surface area contributed by atoms with Gasteiger partial charge >= 0.3 is 0 Å². The molecular formula is C12H14N2O. The maximum absolute atomic E-state index is 9.21. The molecule has 1 unspecified atom stereocenters. The van der Waals surface area contributed by atoms with Gasteiger partial charge in [0.25, 0.3) is 0 Å². The molecule has 0 bridgehead atoms. The van der Waals surface area contributed by atoms with E-state index in [-0.39, 0.29) is 12.5 Å². The number of aromatic nitrogens is 1. The molecule has 1 N–H and O–H groups in total. The summed E-state index contributed by atoms with van der Waals surface area (Å²) in [4.78, 5) is 8.33. The van der Waals surface area contributed by atoms with E-state index in [1.165, 1.54) is 0 Å². The minimum absolute atomic E-state index is 0.0322. The van der Waals surface area contributed by atoms with Crippen molar-refractivity contribution in [3.8, 4) is 0 Å². The summed E-state index contributed by atoms with van der Waals surface area (Å²) in [6.07, 6.45) is 8.41. The van der Waals surface area contributed by atoms with Gasteiger partial charge in [-0.05, 0) is 17.2 Å². The third kappa shape index (κ3) is 1.97. The van der Waals surface area contributed by atoms with Gasteiger partial charge in [0.2, 0.25) is 0 Å². The fourth-order valence-corrected chi connectivity index (χ4v) is 1.82. The Kier molecular flexibility index (Phi) is 2.92. The minimum Gasteiger partial charge on any atom is -0.392 e. The molecule has 0 aromatic carbocycles. The fourth-order valence-electron chi connectivity index (χ4n) is 1.82. The maximum atomic E-state index is 9.21. The maximum Gasteiger partial charge on any atom is 0.0699 e. The third-order valence-electron chi connectivity index (χ3n) is 2.69. The molecule has 2 rings (SSSR count). The summed E-state index contributed by atoms with van der Waals surface area (Å²) in [5.74, 6) is 0.230. The predicted octanol–water partition coefficient (Wildman–Crippen LogP) is 2.04. The summed E-state index contributed by atoms with van der Waals surface area (Å²) in [5, 5.41) is 9.21. The Morgan fingerprint density at radius 1 is 1.53 bits per heavy atom. The summed E-state index contributed by atoms with van der Waals surface area (Å²) < 4.78 is 0. The van der Waals surface area contributed by atoms with Crippen molar-refractivity contribution in [2.75, 3.05) is 0 Å². The highest BCUT2D eigenvalue weighted by atomic mass is 16.3. The Labute approximate surface area is 89.2 Å². The van der Waals surface area contributed by atoms with Crippen molar-refractivity contribution < 1.29 is 5.11 Å². The topological polar surface area (TPSA) is 45.5 Å². The number of nitrogens with zero attached hydrogens (tertiary/aromatic N) is 2. The van der Waals surface area contributed by atoms with E-state index in [9.17, 15) is 5.11 Å². The number of rotatable bonds is 3. The van der Waals surface area contributed by atoms with E-state index in [2.05, 4.69) is 23.0 Å². The number of aliphatic hydroxyl groups is 1. The number of hydrogen-bond acceptors (Lipinski definition) is 3. The zero-order chi connectivity index (χ0) is 10.7. The largest absolute Gasteiger partial charge is 0.392 e. The van der Waals surface area contributed by atoms with Crippen LogP contribution in [-0.2, 0) is 6.61 Å². The van der Waals surface area contributed by atoms with Gasteiger partial charge in [0.15, 0.2) is 0 Å². The summed E-state index contributed by atoms with van der Waals surface area (Å²) in [5.41, 5.74) is 3.07. The average Bonchev–Trinajstić information content (AvgIpc) is 2.81. The Morgan fingerprint density at radius 3 is 3.07 bits per heavy atom. The second-order valence-electron chi connectivity index (χ2n) is 3.63. The predicted molar refractivity (Wildman–Crippen MR) is 59.8 cm³/mol. The summed E-state index contributed by atoms with van der Waals surface area (Å²) in [7, 11) is 0. The van der Waals surface area contributed by atoms with E-state index in [0.29, 0.717) is 0 Å². The van der Waals surface area contributed by atoms with Crippen LogP contribution in [0.1, 0.15) is 30.4 Å². The lowest BCUT2D eigenvalue weighted by molar-refractivity contribution is 0.280. The molecular weight excluding hydrogens is 188 g/mol. The van der Waals surface area contributed by atoms with Crippen LogP contribution in [0.5, 0.6) is 0 Å². The number of aliphatic hydroxyl groups excluding tert-OH is 1. The first-order valence-corrected chi connectivity index (χ1v) is 5.09. The van der Waals surface area contributed by atoms with Crippen LogP contribution >= 0.6 is 0 Å². The van der Waals surface area contributed by atoms with E-state index < -0.39 is 0 Å². The van der Waals surface area contributed by atoms with Crippen LogP contribution in [0, 0.1) is 0 Å². The highest BCUT2D eigenvalue weighted by Crippen LogP contribution is 2.28. The molecule has 1 aromatic rings. The van der Waals surface area contributed by atoms with Crippen LogP contribution in [-0.4, -0.2) is 16.3 Å². The molecule has 78 valence electrons. The van der Waals surface area contributed by atoms with Gasteiger partial charge in [0.1, 0.15) is 0 Å². The fraction of sp³-hybridized carbons (Fsp3) is 0.333. The van der Waals surface area contributed by atoms with Crippen LogP contribution < -0.4 is 0 Å². The lowest BCUT2D eigenvalue weighted by Crippen LogP contribution is -2.01. The molecule has 1 aliphatic heterocycles. The molecule has 1 atom stereocenters. The van der Waals surface area contributed by atoms with Crippen molar-refractivity contribution in [2.24, 2.45) is 4.99 Å². The Morgan fingerprint density at radius 2 is 2.40 bits per heavy atom. The molecule has 1 aliphatic rings. The smallest absolute Gasteiger partial charge is 0.0699 e. The second kappa shape index (κ2) is 4.36. The number of hydrogen-bond donors (Lipinski definition) is 1. The van der Waals surface area contributed by atoms with E-state index >= 15 is 0 Å². The lowest BCUT2D eigenvalue weighted by Gasteiger charge is -2.14. The summed E-state index contributed by atoms with van der Waals surface area (Å²) in [6, 6.07) is 1.95. The molecule has 0 saturated heterocycles. The second-order valence-corrected chi connectivity index (χ2v) is 3.63. The SMILES string of the molecule is CC(C1=CCC=N1)c1ccncc1CO. The molecule has 15 heavy (non-hydrogen) atoms. The molecule has 0 amide bonds. The molecule has 0 aliphatic carbocycles. The van der Waals surface area contributed by atoms with Gasteiger partial charge in [-0.1, -0.05) is 13.0 Å². The number of aliphatic imine (C=N–C) groups is 1. The Bertz CT molecular complexity index is 410. The third-order valence-corrected chi connectivity index (χ3v) is 2.69. The van der Waals surface area contributed by atoms with Crippen LogP contribution in [0.4, 0.5) is 0 Å². The molecule has 3 heteroatoms. The normalized spacial score (nSPS) is 16.5. The van der Waals surface area contributed by atoms with Gasteiger partial charge < -0.3 is 5.11 Å². The highest BCUT2D eigenvalue weighted by Gasteiger charge is 2.15. The Hall–Kier alpha value is -1.48. The van der Waals surface area contributed by atoms with E-state index in [4.69, 9.17) is 0 Å². The highest BCUT2D eigenvalue weighted by molar-refractivity contribution is 5.65. The zero-order valence-corrected chi connectivity index (χ0v) is 8.72. The van der Waals surface area contributed by atoms with Crippen molar-refractivity contribution >= 4 is 6.21 Å².